The highest BCUT2D eigenvalue weighted by Gasteiger charge is 2.38. The van der Waals surface area contributed by atoms with Gasteiger partial charge in [-0.15, -0.1) is 0 Å². The number of alkyl halides is 3. The molecule has 0 saturated heterocycles. The number of nitrogens with one attached hydrogen (secondary N) is 1. The van der Waals surface area contributed by atoms with E-state index in [-0.39, 0.29) is 10.5 Å². The number of ether oxygens (including phenoxy) is 1. The third kappa shape index (κ3) is 5.05. The van der Waals surface area contributed by atoms with Crippen LogP contribution in [-0.4, -0.2) is 42.8 Å². The lowest BCUT2D eigenvalue weighted by Gasteiger charge is -2.11. The summed E-state index contributed by atoms with van der Waals surface area (Å²) >= 11 is 6.40. The van der Waals surface area contributed by atoms with Gasteiger partial charge in [0.05, 0.1) is 27.1 Å². The Labute approximate surface area is 190 Å². The zero-order valence-corrected chi connectivity index (χ0v) is 18.1. The number of hydrogen-bond acceptors (Lipinski definition) is 6. The summed E-state index contributed by atoms with van der Waals surface area (Å²) in [6.07, 6.45) is -3.69. The Kier molecular flexibility index (Phi) is 6.87. The number of carbonyl (C=O) groups is 1. The molecule has 33 heavy (non-hydrogen) atoms. The molecule has 8 nitrogen and oxygen atoms in total. The maximum absolute atomic E-state index is 13.1. The average Bonchev–Trinajstić information content (AvgIpc) is 2.95. The molecule has 0 unspecified atom stereocenters. The highest BCUT2D eigenvalue weighted by Crippen LogP contribution is 2.37. The Bertz CT molecular complexity index is 1360. The smallest absolute Gasteiger partial charge is 0.490 e. The molecule has 174 valence electrons. The number of nitriles is 1. The van der Waals surface area contributed by atoms with Crippen molar-refractivity contribution in [3.05, 3.63) is 58.7 Å². The fourth-order valence-corrected chi connectivity index (χ4v) is 4.87. The monoisotopic (exact) mass is 501 g/mol. The molecule has 1 aliphatic heterocycles. The molecule has 0 amide bonds. The minimum absolute atomic E-state index is 0.0365. The van der Waals surface area contributed by atoms with Gasteiger partial charge in [0, 0.05) is 30.2 Å². The van der Waals surface area contributed by atoms with Crippen molar-refractivity contribution in [2.24, 2.45) is 0 Å². The number of benzene rings is 2. The molecule has 13 heteroatoms. The molecule has 0 fully saturated rings. The zero-order valence-electron chi connectivity index (χ0n) is 16.6. The van der Waals surface area contributed by atoms with Gasteiger partial charge in [-0.05, 0) is 30.3 Å². The molecule has 4 rings (SSSR count). The summed E-state index contributed by atoms with van der Waals surface area (Å²) in [7, 11) is -3.89. The number of carboxylic acids is 1. The molecule has 2 N–H and O–H groups in total. The van der Waals surface area contributed by atoms with E-state index in [4.69, 9.17) is 31.5 Å². The van der Waals surface area contributed by atoms with Crippen LogP contribution in [0, 0.1) is 11.3 Å². The van der Waals surface area contributed by atoms with Crippen molar-refractivity contribution in [1.82, 2.24) is 9.29 Å². The van der Waals surface area contributed by atoms with Crippen molar-refractivity contribution in [3.8, 4) is 11.8 Å². The Morgan fingerprint density at radius 3 is 2.61 bits per heavy atom. The highest BCUT2D eigenvalue weighted by molar-refractivity contribution is 7.90. The number of aliphatic carboxylic acids is 1. The quantitative estimate of drug-likeness (QED) is 0.551. The normalized spacial score (nSPS) is 13.7. The van der Waals surface area contributed by atoms with Gasteiger partial charge in [-0.1, -0.05) is 17.7 Å². The lowest BCUT2D eigenvalue weighted by Crippen LogP contribution is -2.21. The van der Waals surface area contributed by atoms with Crippen molar-refractivity contribution < 1.29 is 36.2 Å². The third-order valence-electron chi connectivity index (χ3n) is 4.56. The van der Waals surface area contributed by atoms with Gasteiger partial charge >= 0.3 is 12.1 Å². The zero-order chi connectivity index (χ0) is 24.4. The largest absolute Gasteiger partial charge is 0.492 e. The van der Waals surface area contributed by atoms with Crippen LogP contribution in [0.15, 0.2) is 47.5 Å². The lowest BCUT2D eigenvalue weighted by atomic mass is 10.1. The summed E-state index contributed by atoms with van der Waals surface area (Å²) < 4.78 is 64.8. The Hall–Kier alpha value is -3.27. The standard InChI is InChI=1S/C18H14ClN3O3S.C2HF3O2/c19-15-11-22(26(23,24)13-3-1-2-12(8-13)9-20)16-4-5-17-14(18(15)16)10-21-6-7-25-17;3-2(4,5)1(6)7/h1-5,8,11,21H,6-7,10H2;(H,6,7). The molecular weight excluding hydrogens is 487 g/mol. The van der Waals surface area contributed by atoms with Gasteiger partial charge < -0.3 is 15.2 Å². The second kappa shape index (κ2) is 9.30. The first-order valence-corrected chi connectivity index (χ1v) is 11.0. The van der Waals surface area contributed by atoms with Gasteiger partial charge in [0.15, 0.2) is 0 Å². The highest BCUT2D eigenvalue weighted by atomic mass is 35.5. The first-order valence-electron chi connectivity index (χ1n) is 9.18. The minimum atomic E-state index is -5.08. The van der Waals surface area contributed by atoms with E-state index in [2.05, 4.69) is 5.32 Å². The van der Waals surface area contributed by atoms with E-state index in [0.29, 0.717) is 41.4 Å². The lowest BCUT2D eigenvalue weighted by molar-refractivity contribution is -0.192. The van der Waals surface area contributed by atoms with Crippen molar-refractivity contribution in [2.75, 3.05) is 13.2 Å². The van der Waals surface area contributed by atoms with Crippen molar-refractivity contribution in [1.29, 1.82) is 5.26 Å². The number of fused-ring (bicyclic) bond motifs is 3. The van der Waals surface area contributed by atoms with Crippen LogP contribution in [-0.2, 0) is 21.4 Å². The average molecular weight is 502 g/mol. The summed E-state index contributed by atoms with van der Waals surface area (Å²) in [4.78, 5) is 8.93. The number of nitrogens with zero attached hydrogens (tertiary/aromatic N) is 2. The van der Waals surface area contributed by atoms with Gasteiger partial charge in [-0.3, -0.25) is 0 Å². The maximum Gasteiger partial charge on any atom is 0.490 e. The fourth-order valence-electron chi connectivity index (χ4n) is 3.10. The van der Waals surface area contributed by atoms with E-state index in [1.54, 1.807) is 24.3 Å². The van der Waals surface area contributed by atoms with E-state index in [9.17, 15) is 21.6 Å². The van der Waals surface area contributed by atoms with Gasteiger partial charge in [0.1, 0.15) is 12.4 Å². The molecule has 0 aliphatic carbocycles. The van der Waals surface area contributed by atoms with Crippen LogP contribution in [0.25, 0.3) is 10.9 Å². The number of hydrogen-bond donors (Lipinski definition) is 2. The molecule has 0 saturated carbocycles. The summed E-state index contributed by atoms with van der Waals surface area (Å²) in [6, 6.07) is 11.3. The van der Waals surface area contributed by atoms with Gasteiger partial charge in [0.2, 0.25) is 0 Å². The molecule has 0 radical (unpaired) electrons. The predicted octanol–water partition coefficient (Wildman–Crippen LogP) is 3.52. The first-order chi connectivity index (χ1) is 15.5. The third-order valence-corrected chi connectivity index (χ3v) is 6.51. The van der Waals surface area contributed by atoms with Gasteiger partial charge in [-0.25, -0.2) is 17.2 Å². The first kappa shape index (κ1) is 24.4. The molecular formula is C20H15ClF3N3O5S. The van der Waals surface area contributed by atoms with E-state index < -0.39 is 22.2 Å². The molecule has 0 atom stereocenters. The molecule has 0 bridgehead atoms. The second-order valence-corrected chi connectivity index (χ2v) is 8.90. The summed E-state index contributed by atoms with van der Waals surface area (Å²) in [5.74, 6) is -2.06. The van der Waals surface area contributed by atoms with E-state index >= 15 is 0 Å². The SMILES string of the molecule is N#Cc1cccc(S(=O)(=O)n2cc(Cl)c3c4c(ccc32)OCCNC4)c1.O=C(O)C(F)(F)F. The van der Waals surface area contributed by atoms with Crippen LogP contribution >= 0.6 is 11.6 Å². The van der Waals surface area contributed by atoms with Crippen LogP contribution in [0.1, 0.15) is 11.1 Å². The molecule has 2 heterocycles. The van der Waals surface area contributed by atoms with E-state index in [1.807, 2.05) is 6.07 Å². The maximum atomic E-state index is 13.1. The predicted molar refractivity (Wildman–Crippen MR) is 112 cm³/mol. The van der Waals surface area contributed by atoms with Crippen LogP contribution < -0.4 is 10.1 Å². The van der Waals surface area contributed by atoms with Gasteiger partial charge in [-0.2, -0.15) is 18.4 Å². The minimum Gasteiger partial charge on any atom is -0.492 e. The Balaban J connectivity index is 0.000000383. The Morgan fingerprint density at radius 1 is 1.27 bits per heavy atom. The van der Waals surface area contributed by atoms with Gasteiger partial charge in [0.25, 0.3) is 10.0 Å². The molecule has 2 aromatic carbocycles. The molecule has 3 aromatic rings. The van der Waals surface area contributed by atoms with E-state index in [0.717, 1.165) is 9.54 Å². The van der Waals surface area contributed by atoms with Crippen molar-refractivity contribution in [2.45, 2.75) is 17.6 Å². The molecule has 1 aromatic heterocycles. The molecule has 0 spiro atoms. The summed E-state index contributed by atoms with van der Waals surface area (Å²) in [6.45, 7) is 1.78. The number of rotatable bonds is 2. The Morgan fingerprint density at radius 2 is 1.97 bits per heavy atom. The van der Waals surface area contributed by atoms with Crippen molar-refractivity contribution in [3.63, 3.8) is 0 Å². The number of carboxylic acid groups (broad SMARTS) is 1. The summed E-state index contributed by atoms with van der Waals surface area (Å²) in [5, 5.41) is 20.4. The number of halogens is 4. The van der Waals surface area contributed by atoms with E-state index in [1.165, 1.54) is 18.3 Å². The van der Waals surface area contributed by atoms with Crippen LogP contribution in [0.5, 0.6) is 5.75 Å². The van der Waals surface area contributed by atoms with Crippen LogP contribution in [0.4, 0.5) is 13.2 Å². The van der Waals surface area contributed by atoms with Crippen molar-refractivity contribution >= 4 is 38.5 Å². The number of aromatic nitrogens is 1. The fraction of sp³-hybridized carbons (Fsp3) is 0.200. The van der Waals surface area contributed by atoms with Crippen LogP contribution in [0.3, 0.4) is 0 Å². The summed E-state index contributed by atoms with van der Waals surface area (Å²) in [5.41, 5.74) is 1.59. The topological polar surface area (TPSA) is 121 Å². The van der Waals surface area contributed by atoms with Crippen LogP contribution in [0.2, 0.25) is 5.02 Å². The molecule has 1 aliphatic rings. The second-order valence-electron chi connectivity index (χ2n) is 6.68.